The fourth-order valence-corrected chi connectivity index (χ4v) is 3.20. The van der Waals surface area contributed by atoms with Gasteiger partial charge in [0, 0.05) is 18.7 Å². The van der Waals surface area contributed by atoms with Crippen LogP contribution < -0.4 is 10.6 Å². The van der Waals surface area contributed by atoms with Crippen LogP contribution >= 0.6 is 0 Å². The summed E-state index contributed by atoms with van der Waals surface area (Å²) < 4.78 is 0. The predicted molar refractivity (Wildman–Crippen MR) is 83.5 cm³/mol. The molecule has 1 aliphatic rings. The number of rotatable bonds is 3. The summed E-state index contributed by atoms with van der Waals surface area (Å²) in [6, 6.07) is 6.48. The maximum Gasteiger partial charge on any atom is 0.172 e. The van der Waals surface area contributed by atoms with E-state index in [9.17, 15) is 0 Å². The second kappa shape index (κ2) is 6.16. The Balaban J connectivity index is 2.31. The van der Waals surface area contributed by atoms with Crippen LogP contribution in [0, 0.1) is 12.8 Å². The van der Waals surface area contributed by atoms with Crippen molar-refractivity contribution >= 4 is 11.5 Å². The van der Waals surface area contributed by atoms with E-state index in [1.807, 2.05) is 12.1 Å². The Morgan fingerprint density at radius 1 is 1.30 bits per heavy atom. The molecule has 0 atom stereocenters. The fourth-order valence-electron chi connectivity index (χ4n) is 3.20. The van der Waals surface area contributed by atoms with E-state index in [1.54, 1.807) is 0 Å². The molecular weight excluding hydrogens is 250 g/mol. The van der Waals surface area contributed by atoms with E-state index < -0.39 is 0 Å². The van der Waals surface area contributed by atoms with Crippen molar-refractivity contribution in [3.05, 3.63) is 29.3 Å². The molecular formula is C16H25N3O. The SMILES string of the molecule is Cc1cccc(/C(N)=N/O)c1N(C)C1CCC(C)CC1. The van der Waals surface area contributed by atoms with Crippen molar-refractivity contribution in [2.45, 2.75) is 45.6 Å². The molecule has 0 saturated heterocycles. The van der Waals surface area contributed by atoms with Gasteiger partial charge in [-0.15, -0.1) is 0 Å². The van der Waals surface area contributed by atoms with Gasteiger partial charge >= 0.3 is 0 Å². The van der Waals surface area contributed by atoms with Crippen molar-refractivity contribution in [3.63, 3.8) is 0 Å². The molecule has 0 spiro atoms. The third-order valence-electron chi connectivity index (χ3n) is 4.51. The summed E-state index contributed by atoms with van der Waals surface area (Å²) in [7, 11) is 2.12. The van der Waals surface area contributed by atoms with Crippen LogP contribution in [0.2, 0.25) is 0 Å². The lowest BCUT2D eigenvalue weighted by Crippen LogP contribution is -2.36. The average Bonchev–Trinajstić information content (AvgIpc) is 2.46. The zero-order valence-electron chi connectivity index (χ0n) is 12.6. The highest BCUT2D eigenvalue weighted by Gasteiger charge is 2.24. The Hall–Kier alpha value is -1.71. The molecule has 2 rings (SSSR count). The van der Waals surface area contributed by atoms with Crippen LogP contribution in [0.15, 0.2) is 23.4 Å². The number of para-hydroxylation sites is 1. The van der Waals surface area contributed by atoms with Gasteiger partial charge in [0.25, 0.3) is 0 Å². The molecule has 0 amide bonds. The minimum Gasteiger partial charge on any atom is -0.409 e. The Morgan fingerprint density at radius 3 is 2.55 bits per heavy atom. The molecule has 0 aliphatic heterocycles. The molecule has 0 radical (unpaired) electrons. The molecule has 20 heavy (non-hydrogen) atoms. The second-order valence-corrected chi connectivity index (χ2v) is 5.98. The smallest absolute Gasteiger partial charge is 0.172 e. The van der Waals surface area contributed by atoms with Crippen LogP contribution in [0.4, 0.5) is 5.69 Å². The minimum absolute atomic E-state index is 0.180. The van der Waals surface area contributed by atoms with Crippen molar-refractivity contribution in [2.75, 3.05) is 11.9 Å². The van der Waals surface area contributed by atoms with E-state index in [0.29, 0.717) is 6.04 Å². The molecule has 1 aromatic carbocycles. The Bertz CT molecular complexity index is 490. The van der Waals surface area contributed by atoms with Gasteiger partial charge in [-0.25, -0.2) is 0 Å². The van der Waals surface area contributed by atoms with Crippen LogP contribution in [-0.2, 0) is 0 Å². The summed E-state index contributed by atoms with van der Waals surface area (Å²) in [4.78, 5) is 2.31. The maximum atomic E-state index is 8.97. The molecule has 0 heterocycles. The quantitative estimate of drug-likeness (QED) is 0.385. The van der Waals surface area contributed by atoms with Gasteiger partial charge in [0.2, 0.25) is 0 Å². The fraction of sp³-hybridized carbons (Fsp3) is 0.562. The zero-order chi connectivity index (χ0) is 14.7. The second-order valence-electron chi connectivity index (χ2n) is 5.98. The van der Waals surface area contributed by atoms with Crippen LogP contribution in [0.1, 0.15) is 43.7 Å². The monoisotopic (exact) mass is 275 g/mol. The first kappa shape index (κ1) is 14.7. The summed E-state index contributed by atoms with van der Waals surface area (Å²) in [5.41, 5.74) is 8.89. The number of nitrogens with zero attached hydrogens (tertiary/aromatic N) is 2. The Labute approximate surface area is 121 Å². The minimum atomic E-state index is 0.180. The third-order valence-corrected chi connectivity index (χ3v) is 4.51. The summed E-state index contributed by atoms with van der Waals surface area (Å²) in [6.45, 7) is 4.40. The van der Waals surface area contributed by atoms with E-state index in [2.05, 4.69) is 37.0 Å². The van der Waals surface area contributed by atoms with Crippen molar-refractivity contribution in [1.29, 1.82) is 0 Å². The van der Waals surface area contributed by atoms with Gasteiger partial charge in [0.05, 0.1) is 5.69 Å². The van der Waals surface area contributed by atoms with Gasteiger partial charge in [0.1, 0.15) is 0 Å². The van der Waals surface area contributed by atoms with Crippen LogP contribution in [0.5, 0.6) is 0 Å². The highest BCUT2D eigenvalue weighted by Crippen LogP contribution is 2.32. The van der Waals surface area contributed by atoms with Gasteiger partial charge in [-0.2, -0.15) is 0 Å². The maximum absolute atomic E-state index is 8.97. The van der Waals surface area contributed by atoms with Gasteiger partial charge in [-0.05, 0) is 50.2 Å². The van der Waals surface area contributed by atoms with Crippen molar-refractivity contribution in [2.24, 2.45) is 16.8 Å². The van der Waals surface area contributed by atoms with Crippen LogP contribution in [0.3, 0.4) is 0 Å². The normalized spacial score (nSPS) is 23.6. The highest BCUT2D eigenvalue weighted by molar-refractivity contribution is 6.02. The van der Waals surface area contributed by atoms with Gasteiger partial charge in [-0.1, -0.05) is 24.2 Å². The number of benzene rings is 1. The number of hydrogen-bond donors (Lipinski definition) is 2. The molecule has 1 saturated carbocycles. The topological polar surface area (TPSA) is 61.9 Å². The molecule has 0 bridgehead atoms. The molecule has 110 valence electrons. The summed E-state index contributed by atoms with van der Waals surface area (Å²) >= 11 is 0. The zero-order valence-corrected chi connectivity index (χ0v) is 12.6. The third kappa shape index (κ3) is 2.89. The van der Waals surface area contributed by atoms with E-state index in [4.69, 9.17) is 10.9 Å². The van der Waals surface area contributed by atoms with Crippen molar-refractivity contribution < 1.29 is 5.21 Å². The Morgan fingerprint density at radius 2 is 1.95 bits per heavy atom. The molecule has 4 heteroatoms. The first-order chi connectivity index (χ1) is 9.54. The average molecular weight is 275 g/mol. The van der Waals surface area contributed by atoms with E-state index in [-0.39, 0.29) is 5.84 Å². The molecule has 0 unspecified atom stereocenters. The number of nitrogens with two attached hydrogens (primary N) is 1. The van der Waals surface area contributed by atoms with Crippen molar-refractivity contribution in [1.82, 2.24) is 0 Å². The predicted octanol–water partition coefficient (Wildman–Crippen LogP) is 3.10. The standard InChI is InChI=1S/C16H25N3O/c1-11-7-9-13(10-8-11)19(3)15-12(2)5-4-6-14(15)16(17)18-20/h4-6,11,13,20H,7-10H2,1-3H3,(H2,17,18). The van der Waals surface area contributed by atoms with E-state index in [0.717, 1.165) is 22.7 Å². The van der Waals surface area contributed by atoms with Gasteiger partial charge in [0.15, 0.2) is 5.84 Å². The molecule has 4 nitrogen and oxygen atoms in total. The number of oxime groups is 1. The first-order valence-electron chi connectivity index (χ1n) is 7.35. The lowest BCUT2D eigenvalue weighted by Gasteiger charge is -2.36. The summed E-state index contributed by atoms with van der Waals surface area (Å²) in [6.07, 6.45) is 4.98. The summed E-state index contributed by atoms with van der Waals surface area (Å²) in [5.74, 6) is 1.01. The summed E-state index contributed by atoms with van der Waals surface area (Å²) in [5, 5.41) is 12.1. The van der Waals surface area contributed by atoms with Gasteiger partial charge < -0.3 is 15.8 Å². The lowest BCUT2D eigenvalue weighted by atomic mass is 9.86. The van der Waals surface area contributed by atoms with E-state index >= 15 is 0 Å². The number of hydrogen-bond acceptors (Lipinski definition) is 3. The first-order valence-corrected chi connectivity index (χ1v) is 7.35. The number of amidine groups is 1. The van der Waals surface area contributed by atoms with Gasteiger partial charge in [-0.3, -0.25) is 0 Å². The molecule has 0 aromatic heterocycles. The lowest BCUT2D eigenvalue weighted by molar-refractivity contribution is 0.318. The number of aryl methyl sites for hydroxylation is 1. The molecule has 1 aliphatic carbocycles. The number of anilines is 1. The molecule has 1 aromatic rings. The molecule has 1 fully saturated rings. The van der Waals surface area contributed by atoms with Crippen molar-refractivity contribution in [3.8, 4) is 0 Å². The highest BCUT2D eigenvalue weighted by atomic mass is 16.4. The molecule has 3 N–H and O–H groups in total. The largest absolute Gasteiger partial charge is 0.409 e. The Kier molecular flexibility index (Phi) is 4.53. The van der Waals surface area contributed by atoms with E-state index in [1.165, 1.54) is 25.7 Å². The van der Waals surface area contributed by atoms with Crippen LogP contribution in [-0.4, -0.2) is 24.1 Å². The van der Waals surface area contributed by atoms with Crippen LogP contribution in [0.25, 0.3) is 0 Å².